The van der Waals surface area contributed by atoms with Crippen molar-refractivity contribution in [2.75, 3.05) is 13.7 Å². The second-order valence-electron chi connectivity index (χ2n) is 19.8. The molecule has 3 heterocycles. The van der Waals surface area contributed by atoms with Crippen LogP contribution in [0.4, 0.5) is 0 Å². The first kappa shape index (κ1) is 43.2. The summed E-state index contributed by atoms with van der Waals surface area (Å²) in [6.45, 7) is 11.6. The van der Waals surface area contributed by atoms with E-state index >= 15 is 0 Å². The van der Waals surface area contributed by atoms with Crippen LogP contribution in [0.1, 0.15) is 113 Å². The molecule has 7 aliphatic rings. The van der Waals surface area contributed by atoms with Gasteiger partial charge in [-0.05, 0) is 116 Å². The number of rotatable bonds is 8. The summed E-state index contributed by atoms with van der Waals surface area (Å²) in [5.74, 6) is -0.478. The fourth-order valence-corrected chi connectivity index (χ4v) is 13.3. The quantitative estimate of drug-likeness (QED) is 0.144. The molecule has 1 spiro atoms. The number of carbonyl (C=O) groups excluding carboxylic acids is 4. The minimum absolute atomic E-state index is 0.0204. The molecule has 0 aromatic heterocycles. The molecule has 16 atom stereocenters. The van der Waals surface area contributed by atoms with Crippen LogP contribution < -0.4 is 0 Å². The highest BCUT2D eigenvalue weighted by Crippen LogP contribution is 2.70. The van der Waals surface area contributed by atoms with E-state index in [1.54, 1.807) is 60.7 Å². The number of fused-ring (bicyclic) bond motifs is 7. The van der Waals surface area contributed by atoms with E-state index in [0.29, 0.717) is 48.3 Å². The third kappa shape index (κ3) is 7.50. The molecule has 3 saturated heterocycles. The van der Waals surface area contributed by atoms with E-state index in [0.717, 1.165) is 45.1 Å². The molecule has 334 valence electrons. The first-order chi connectivity index (χ1) is 29.7. The van der Waals surface area contributed by atoms with E-state index in [1.165, 1.54) is 26.0 Å². The van der Waals surface area contributed by atoms with Gasteiger partial charge in [0.2, 0.25) is 0 Å². The summed E-state index contributed by atoms with van der Waals surface area (Å²) in [6.07, 6.45) is 3.63. The van der Waals surface area contributed by atoms with Gasteiger partial charge in [0.25, 0.3) is 0 Å². The number of hydrogen-bond donors (Lipinski definition) is 0. The number of hydrogen-bond acceptors (Lipinski definition) is 12. The number of allylic oxidation sites excluding steroid dienone is 1. The Morgan fingerprint density at radius 3 is 2.08 bits per heavy atom. The van der Waals surface area contributed by atoms with Gasteiger partial charge in [-0.3, -0.25) is 4.79 Å². The standard InChI is InChI=1S/C50H62O12/c1-28-19-24-50(56-27-28)29(2)39-38(62-50)26-37-35-18-17-33-25-34(20-22-48(33,4)36(35)21-23-49(37,39)5)58-47-43(60-45(53)32-15-11-8-12-16-32)41(59-44(52)31-13-9-7-10-14-31)40(57-30(3)51)42(61-47)46(54)55-6/h7-17,28-29,34-43,47H,18-27H2,1-6H3/t28?,29-,34-,35+,36-,37-,38-,39-,40-,41-,42-,43+,47+,48-,49-,50+/m0/s1. The fraction of sp³-hybridized carbons (Fsp3) is 0.640. The molecule has 2 aromatic rings. The number of carbonyl (C=O) groups is 4. The zero-order valence-electron chi connectivity index (χ0n) is 36.8. The van der Waals surface area contributed by atoms with Gasteiger partial charge in [-0.2, -0.15) is 0 Å². The molecule has 9 rings (SSSR count). The minimum Gasteiger partial charge on any atom is -0.467 e. The van der Waals surface area contributed by atoms with Gasteiger partial charge in [0.15, 0.2) is 36.5 Å². The highest BCUT2D eigenvalue weighted by Gasteiger charge is 2.69. The van der Waals surface area contributed by atoms with Gasteiger partial charge in [0, 0.05) is 19.3 Å². The van der Waals surface area contributed by atoms with Crippen LogP contribution in [-0.2, 0) is 47.5 Å². The van der Waals surface area contributed by atoms with Crippen LogP contribution in [0, 0.1) is 46.3 Å². The Balaban J connectivity index is 0.972. The van der Waals surface area contributed by atoms with Gasteiger partial charge < -0.3 is 37.9 Å². The van der Waals surface area contributed by atoms with Crippen molar-refractivity contribution in [2.45, 2.75) is 141 Å². The normalized spacial score (nSPS) is 42.0. The molecular formula is C50H62O12. The maximum Gasteiger partial charge on any atom is 0.339 e. The molecule has 0 N–H and O–H groups in total. The van der Waals surface area contributed by atoms with E-state index in [4.69, 9.17) is 37.9 Å². The van der Waals surface area contributed by atoms with Crippen molar-refractivity contribution < 1.29 is 57.1 Å². The zero-order valence-corrected chi connectivity index (χ0v) is 36.8. The van der Waals surface area contributed by atoms with Crippen LogP contribution in [0.15, 0.2) is 72.3 Å². The molecular weight excluding hydrogens is 793 g/mol. The third-order valence-corrected chi connectivity index (χ3v) is 16.4. The largest absolute Gasteiger partial charge is 0.467 e. The smallest absolute Gasteiger partial charge is 0.339 e. The van der Waals surface area contributed by atoms with Gasteiger partial charge in [-0.15, -0.1) is 0 Å². The van der Waals surface area contributed by atoms with Crippen molar-refractivity contribution in [3.8, 4) is 0 Å². The second-order valence-corrected chi connectivity index (χ2v) is 19.8. The average Bonchev–Trinajstić information content (AvgIpc) is 3.72. The van der Waals surface area contributed by atoms with Crippen molar-refractivity contribution >= 4 is 23.9 Å². The molecule has 12 heteroatoms. The summed E-state index contributed by atoms with van der Waals surface area (Å²) >= 11 is 0. The first-order valence-corrected chi connectivity index (χ1v) is 22.8. The minimum atomic E-state index is -1.56. The maximum absolute atomic E-state index is 13.8. The van der Waals surface area contributed by atoms with Gasteiger partial charge in [-0.1, -0.05) is 75.7 Å². The van der Waals surface area contributed by atoms with E-state index in [9.17, 15) is 19.2 Å². The second kappa shape index (κ2) is 16.8. The van der Waals surface area contributed by atoms with Crippen molar-refractivity contribution in [3.05, 3.63) is 83.4 Å². The molecule has 6 fully saturated rings. The predicted octanol–water partition coefficient (Wildman–Crippen LogP) is 8.02. The zero-order chi connectivity index (χ0) is 43.6. The molecule has 4 aliphatic carbocycles. The molecule has 62 heavy (non-hydrogen) atoms. The first-order valence-electron chi connectivity index (χ1n) is 22.8. The molecule has 1 unspecified atom stereocenters. The van der Waals surface area contributed by atoms with Gasteiger partial charge in [-0.25, -0.2) is 14.4 Å². The van der Waals surface area contributed by atoms with Gasteiger partial charge in [0.05, 0.1) is 37.1 Å². The SMILES string of the molecule is COC(=O)[C@H]1O[C@@H](O[C@H]2CC[C@@]3(C)C(=CC[C@H]4[C@@H]5C[C@@H]6O[C@]7(CCC(C)CO7)[C@@H](C)[C@@H]6[C@@]5(C)CC[C@@H]43)C2)[C@H](OC(=O)c2ccccc2)[C@@H](OC(=O)c2ccccc2)[C@@H]1OC(C)=O. The van der Waals surface area contributed by atoms with Gasteiger partial charge >= 0.3 is 23.9 Å². The summed E-state index contributed by atoms with van der Waals surface area (Å²) in [5.41, 5.74) is 1.98. The molecule has 12 nitrogen and oxygen atoms in total. The van der Waals surface area contributed by atoms with Crippen molar-refractivity contribution in [3.63, 3.8) is 0 Å². The predicted molar refractivity (Wildman–Crippen MR) is 224 cm³/mol. The van der Waals surface area contributed by atoms with Crippen LogP contribution in [0.2, 0.25) is 0 Å². The highest BCUT2D eigenvalue weighted by atomic mass is 16.7. The van der Waals surface area contributed by atoms with Gasteiger partial charge in [0.1, 0.15) is 0 Å². The summed E-state index contributed by atoms with van der Waals surface area (Å²) in [7, 11) is 1.19. The number of methoxy groups -OCH3 is 1. The molecule has 2 aromatic carbocycles. The summed E-state index contributed by atoms with van der Waals surface area (Å²) in [5, 5.41) is 0. The molecule has 3 aliphatic heterocycles. The summed E-state index contributed by atoms with van der Waals surface area (Å²) in [6, 6.07) is 16.6. The Morgan fingerprint density at radius 1 is 0.774 bits per heavy atom. The molecule has 0 bridgehead atoms. The number of benzene rings is 2. The van der Waals surface area contributed by atoms with Crippen LogP contribution in [-0.4, -0.2) is 86.3 Å². The fourth-order valence-electron chi connectivity index (χ4n) is 13.3. The monoisotopic (exact) mass is 854 g/mol. The third-order valence-electron chi connectivity index (χ3n) is 16.4. The lowest BCUT2D eigenvalue weighted by Gasteiger charge is -2.58. The lowest BCUT2D eigenvalue weighted by molar-refractivity contribution is -0.306. The highest BCUT2D eigenvalue weighted by molar-refractivity contribution is 5.90. The van der Waals surface area contributed by atoms with E-state index < -0.39 is 60.4 Å². The van der Waals surface area contributed by atoms with E-state index in [2.05, 4.69) is 33.8 Å². The van der Waals surface area contributed by atoms with Crippen LogP contribution in [0.25, 0.3) is 0 Å². The Morgan fingerprint density at radius 2 is 1.45 bits per heavy atom. The molecule has 3 saturated carbocycles. The lowest BCUT2D eigenvalue weighted by Crippen LogP contribution is -2.64. The van der Waals surface area contributed by atoms with Crippen molar-refractivity contribution in [2.24, 2.45) is 46.3 Å². The Kier molecular flexibility index (Phi) is 11.7. The van der Waals surface area contributed by atoms with Crippen molar-refractivity contribution in [1.82, 2.24) is 0 Å². The number of ether oxygens (including phenoxy) is 8. The maximum atomic E-state index is 13.8. The topological polar surface area (TPSA) is 142 Å². The van der Waals surface area contributed by atoms with Crippen LogP contribution in [0.3, 0.4) is 0 Å². The molecule has 0 amide bonds. The summed E-state index contributed by atoms with van der Waals surface area (Å²) < 4.78 is 49.7. The van der Waals surface area contributed by atoms with E-state index in [-0.39, 0.29) is 34.2 Å². The lowest BCUT2D eigenvalue weighted by atomic mass is 9.47. The van der Waals surface area contributed by atoms with Crippen LogP contribution in [0.5, 0.6) is 0 Å². The Hall–Kier alpha value is -4.10. The van der Waals surface area contributed by atoms with Crippen LogP contribution >= 0.6 is 0 Å². The van der Waals surface area contributed by atoms with E-state index in [1.807, 2.05) is 0 Å². The summed E-state index contributed by atoms with van der Waals surface area (Å²) in [4.78, 5) is 53.5. The Labute approximate surface area is 364 Å². The number of esters is 4. The molecule has 0 radical (unpaired) electrons. The average molecular weight is 855 g/mol. The van der Waals surface area contributed by atoms with Crippen molar-refractivity contribution in [1.29, 1.82) is 0 Å². The Bertz CT molecular complexity index is 2030.